The Morgan fingerprint density at radius 2 is 1.90 bits per heavy atom. The average molecular weight is 297 g/mol. The molecule has 1 atom stereocenters. The third-order valence-corrected chi connectivity index (χ3v) is 4.68. The summed E-state index contributed by atoms with van der Waals surface area (Å²) in [5.41, 5.74) is 5.73. The number of ether oxygens (including phenoxy) is 1. The average Bonchev–Trinajstić information content (AvgIpc) is 2.54. The highest BCUT2D eigenvalue weighted by atomic mass is 16.5. The highest BCUT2D eigenvalue weighted by Gasteiger charge is 2.29. The van der Waals surface area contributed by atoms with Gasteiger partial charge in [0.05, 0.1) is 19.6 Å². The molecule has 6 heteroatoms. The summed E-state index contributed by atoms with van der Waals surface area (Å²) in [6, 6.07) is 0. The molecule has 6 nitrogen and oxygen atoms in total. The number of carbonyl (C=O) groups is 2. The van der Waals surface area contributed by atoms with Gasteiger partial charge < -0.3 is 15.4 Å². The van der Waals surface area contributed by atoms with Crippen LogP contribution < -0.4 is 5.73 Å². The van der Waals surface area contributed by atoms with Crippen LogP contribution in [0.1, 0.15) is 25.7 Å². The number of amides is 1. The van der Waals surface area contributed by atoms with E-state index < -0.39 is 0 Å². The van der Waals surface area contributed by atoms with Gasteiger partial charge in [-0.15, -0.1) is 0 Å². The summed E-state index contributed by atoms with van der Waals surface area (Å²) in [4.78, 5) is 27.9. The van der Waals surface area contributed by atoms with Gasteiger partial charge >= 0.3 is 5.97 Å². The molecular formula is C15H27N3O3. The zero-order chi connectivity index (χ0) is 15.2. The van der Waals surface area contributed by atoms with Crippen LogP contribution in [0.25, 0.3) is 0 Å². The Morgan fingerprint density at radius 1 is 1.19 bits per heavy atom. The van der Waals surface area contributed by atoms with Gasteiger partial charge in [-0.2, -0.15) is 0 Å². The molecule has 0 aromatic carbocycles. The van der Waals surface area contributed by atoms with Crippen LogP contribution in [-0.4, -0.2) is 68.1 Å². The maximum absolute atomic E-state index is 12.3. The van der Waals surface area contributed by atoms with Gasteiger partial charge in [-0.3, -0.25) is 14.5 Å². The van der Waals surface area contributed by atoms with E-state index in [1.807, 2.05) is 4.90 Å². The monoisotopic (exact) mass is 297 g/mol. The third kappa shape index (κ3) is 4.41. The molecule has 0 aromatic heterocycles. The van der Waals surface area contributed by atoms with Crippen LogP contribution in [-0.2, 0) is 14.3 Å². The maximum atomic E-state index is 12.3. The summed E-state index contributed by atoms with van der Waals surface area (Å²) in [5, 5.41) is 0. The van der Waals surface area contributed by atoms with Crippen LogP contribution in [0, 0.1) is 11.8 Å². The Hall–Kier alpha value is -1.14. The summed E-state index contributed by atoms with van der Waals surface area (Å²) in [5.74, 6) is 0.507. The van der Waals surface area contributed by atoms with Crippen molar-refractivity contribution in [2.75, 3.05) is 46.4 Å². The predicted molar refractivity (Wildman–Crippen MR) is 79.5 cm³/mol. The van der Waals surface area contributed by atoms with Crippen molar-refractivity contribution in [1.29, 1.82) is 0 Å². The maximum Gasteiger partial charge on any atom is 0.308 e. The smallest absolute Gasteiger partial charge is 0.308 e. The number of esters is 1. The lowest BCUT2D eigenvalue weighted by Gasteiger charge is -2.35. The van der Waals surface area contributed by atoms with Crippen LogP contribution in [0.15, 0.2) is 0 Å². The first-order valence-corrected chi connectivity index (χ1v) is 7.92. The number of nitrogens with zero attached hydrogens (tertiary/aromatic N) is 2. The van der Waals surface area contributed by atoms with Gasteiger partial charge in [0.25, 0.3) is 0 Å². The minimum Gasteiger partial charge on any atom is -0.469 e. The van der Waals surface area contributed by atoms with Gasteiger partial charge in [-0.05, 0) is 44.7 Å². The summed E-state index contributed by atoms with van der Waals surface area (Å²) < 4.78 is 4.77. The Kier molecular flexibility index (Phi) is 5.99. The highest BCUT2D eigenvalue weighted by molar-refractivity contribution is 5.79. The van der Waals surface area contributed by atoms with E-state index in [9.17, 15) is 9.59 Å². The van der Waals surface area contributed by atoms with Crippen molar-refractivity contribution in [1.82, 2.24) is 9.80 Å². The number of hydrogen-bond acceptors (Lipinski definition) is 5. The van der Waals surface area contributed by atoms with E-state index in [1.54, 1.807) is 0 Å². The Morgan fingerprint density at radius 3 is 2.52 bits per heavy atom. The molecule has 2 N–H and O–H groups in total. The van der Waals surface area contributed by atoms with Crippen LogP contribution >= 0.6 is 0 Å². The number of methoxy groups -OCH3 is 1. The summed E-state index contributed by atoms with van der Waals surface area (Å²) in [7, 11) is 1.42. The second kappa shape index (κ2) is 7.75. The van der Waals surface area contributed by atoms with Crippen molar-refractivity contribution < 1.29 is 14.3 Å². The van der Waals surface area contributed by atoms with Gasteiger partial charge in [0, 0.05) is 19.6 Å². The zero-order valence-electron chi connectivity index (χ0n) is 12.9. The van der Waals surface area contributed by atoms with Gasteiger partial charge in [0.1, 0.15) is 0 Å². The molecule has 2 heterocycles. The fraction of sp³-hybridized carbons (Fsp3) is 0.867. The Bertz CT molecular complexity index is 367. The minimum atomic E-state index is -0.149. The molecule has 0 saturated carbocycles. The lowest BCUT2D eigenvalue weighted by Crippen LogP contribution is -2.48. The Balaban J connectivity index is 1.75. The Labute approximate surface area is 126 Å². The van der Waals surface area contributed by atoms with E-state index >= 15 is 0 Å². The van der Waals surface area contributed by atoms with E-state index in [1.165, 1.54) is 13.5 Å². The highest BCUT2D eigenvalue weighted by Crippen LogP contribution is 2.20. The first-order valence-electron chi connectivity index (χ1n) is 7.92. The molecule has 2 rings (SSSR count). The molecule has 2 saturated heterocycles. The lowest BCUT2D eigenvalue weighted by atomic mass is 9.96. The molecule has 0 aromatic rings. The van der Waals surface area contributed by atoms with Gasteiger partial charge in [0.15, 0.2) is 0 Å². The molecule has 2 fully saturated rings. The first kappa shape index (κ1) is 16.2. The van der Waals surface area contributed by atoms with Crippen LogP contribution in [0.4, 0.5) is 0 Å². The van der Waals surface area contributed by atoms with Crippen molar-refractivity contribution in [3.05, 3.63) is 0 Å². The van der Waals surface area contributed by atoms with Crippen molar-refractivity contribution in [2.24, 2.45) is 17.6 Å². The molecule has 1 unspecified atom stereocenters. The molecule has 120 valence electrons. The molecule has 0 radical (unpaired) electrons. The van der Waals surface area contributed by atoms with E-state index in [2.05, 4.69) is 4.90 Å². The van der Waals surface area contributed by atoms with E-state index in [4.69, 9.17) is 10.5 Å². The molecule has 1 amide bonds. The summed E-state index contributed by atoms with van der Waals surface area (Å²) in [6.45, 7) is 4.43. The molecule has 2 aliphatic rings. The van der Waals surface area contributed by atoms with Crippen molar-refractivity contribution in [2.45, 2.75) is 25.7 Å². The zero-order valence-corrected chi connectivity index (χ0v) is 12.9. The van der Waals surface area contributed by atoms with Crippen molar-refractivity contribution in [3.63, 3.8) is 0 Å². The SMILES string of the molecule is COC(=O)C1CCN(C(=O)CN2CCCC(CN)C2)CC1. The number of likely N-dealkylation sites (tertiary alicyclic amines) is 2. The van der Waals surface area contributed by atoms with Crippen molar-refractivity contribution >= 4 is 11.9 Å². The summed E-state index contributed by atoms with van der Waals surface area (Å²) in [6.07, 6.45) is 3.72. The number of rotatable bonds is 4. The largest absolute Gasteiger partial charge is 0.469 e. The van der Waals surface area contributed by atoms with Crippen LogP contribution in [0.5, 0.6) is 0 Å². The topological polar surface area (TPSA) is 75.9 Å². The standard InChI is InChI=1S/C15H27N3O3/c1-21-15(20)13-4-7-18(8-5-13)14(19)11-17-6-2-3-12(9-16)10-17/h12-13H,2-11,16H2,1H3. The van der Waals surface area contributed by atoms with Gasteiger partial charge in [-0.25, -0.2) is 0 Å². The second-order valence-electron chi connectivity index (χ2n) is 6.16. The van der Waals surface area contributed by atoms with Gasteiger partial charge in [-0.1, -0.05) is 0 Å². The van der Waals surface area contributed by atoms with E-state index in [-0.39, 0.29) is 17.8 Å². The van der Waals surface area contributed by atoms with Crippen molar-refractivity contribution in [3.8, 4) is 0 Å². The molecule has 0 aliphatic carbocycles. The molecule has 2 aliphatic heterocycles. The number of piperidine rings is 2. The van der Waals surface area contributed by atoms with Gasteiger partial charge in [0.2, 0.25) is 5.91 Å². The molecular weight excluding hydrogens is 270 g/mol. The fourth-order valence-corrected chi connectivity index (χ4v) is 3.31. The molecule has 0 spiro atoms. The number of hydrogen-bond donors (Lipinski definition) is 1. The summed E-state index contributed by atoms with van der Waals surface area (Å²) >= 11 is 0. The van der Waals surface area contributed by atoms with Crippen LogP contribution in [0.2, 0.25) is 0 Å². The molecule has 0 bridgehead atoms. The third-order valence-electron chi connectivity index (χ3n) is 4.68. The number of nitrogens with two attached hydrogens (primary N) is 1. The molecule has 21 heavy (non-hydrogen) atoms. The predicted octanol–water partition coefficient (Wildman–Crippen LogP) is 0.0687. The minimum absolute atomic E-state index is 0.0457. The van der Waals surface area contributed by atoms with Crippen LogP contribution in [0.3, 0.4) is 0 Å². The fourth-order valence-electron chi connectivity index (χ4n) is 3.31. The van der Waals surface area contributed by atoms with E-state index in [0.29, 0.717) is 44.9 Å². The quantitative estimate of drug-likeness (QED) is 0.743. The lowest BCUT2D eigenvalue weighted by molar-refractivity contribution is -0.149. The normalized spacial score (nSPS) is 24.9. The van der Waals surface area contributed by atoms with E-state index in [0.717, 1.165) is 19.5 Å². The second-order valence-corrected chi connectivity index (χ2v) is 6.16. The first-order chi connectivity index (χ1) is 10.1. The number of carbonyl (C=O) groups excluding carboxylic acids is 2.